The first-order chi connectivity index (χ1) is 7.31. The van der Waals surface area contributed by atoms with E-state index in [9.17, 15) is 0 Å². The Morgan fingerprint density at radius 1 is 1.13 bits per heavy atom. The summed E-state index contributed by atoms with van der Waals surface area (Å²) in [5.74, 6) is 0. The van der Waals surface area contributed by atoms with Crippen LogP contribution in [-0.4, -0.2) is 20.1 Å². The maximum Gasteiger partial charge on any atom is 0.0602 e. The second kappa shape index (κ2) is 4.56. The van der Waals surface area contributed by atoms with Gasteiger partial charge in [-0.05, 0) is 43.9 Å². The van der Waals surface area contributed by atoms with Gasteiger partial charge in [-0.15, -0.1) is 0 Å². The lowest BCUT2D eigenvalue weighted by molar-refractivity contribution is 0.578. The molecular formula is C13H20N2. The van der Waals surface area contributed by atoms with Gasteiger partial charge in [0.25, 0.3) is 0 Å². The number of aryl methyl sites for hydroxylation is 1. The van der Waals surface area contributed by atoms with Crippen molar-refractivity contribution >= 4 is 11.4 Å². The molecule has 0 aromatic heterocycles. The first-order valence-electron chi connectivity index (χ1n) is 5.84. The van der Waals surface area contributed by atoms with E-state index in [1.54, 1.807) is 0 Å². The third-order valence-corrected chi connectivity index (χ3v) is 3.12. The number of rotatable bonds is 2. The van der Waals surface area contributed by atoms with Gasteiger partial charge in [0.1, 0.15) is 0 Å². The summed E-state index contributed by atoms with van der Waals surface area (Å²) in [4.78, 5) is 2.49. The van der Waals surface area contributed by atoms with Gasteiger partial charge in [0.2, 0.25) is 0 Å². The SMILES string of the molecule is CNc1cc(C)ccc1N1CCCCC1. The second-order valence-corrected chi connectivity index (χ2v) is 4.32. The first-order valence-corrected chi connectivity index (χ1v) is 5.84. The van der Waals surface area contributed by atoms with Crippen LogP contribution in [0.15, 0.2) is 18.2 Å². The molecule has 0 atom stereocenters. The normalized spacial score (nSPS) is 16.5. The lowest BCUT2D eigenvalue weighted by Crippen LogP contribution is -2.29. The molecule has 1 fully saturated rings. The van der Waals surface area contributed by atoms with Crippen LogP contribution in [-0.2, 0) is 0 Å². The highest BCUT2D eigenvalue weighted by molar-refractivity contribution is 5.70. The monoisotopic (exact) mass is 204 g/mol. The van der Waals surface area contributed by atoms with Crippen LogP contribution >= 0.6 is 0 Å². The van der Waals surface area contributed by atoms with Crippen molar-refractivity contribution in [3.8, 4) is 0 Å². The fraction of sp³-hybridized carbons (Fsp3) is 0.538. The summed E-state index contributed by atoms with van der Waals surface area (Å²) >= 11 is 0. The molecule has 2 rings (SSSR count). The molecule has 2 nitrogen and oxygen atoms in total. The molecule has 1 aromatic carbocycles. The summed E-state index contributed by atoms with van der Waals surface area (Å²) in [7, 11) is 2.00. The Balaban J connectivity index is 2.25. The minimum absolute atomic E-state index is 1.21. The number of benzene rings is 1. The van der Waals surface area contributed by atoms with Crippen molar-refractivity contribution in [2.45, 2.75) is 26.2 Å². The van der Waals surface area contributed by atoms with Crippen LogP contribution in [0.5, 0.6) is 0 Å². The molecule has 1 aliphatic rings. The van der Waals surface area contributed by atoms with Crippen molar-refractivity contribution in [3.05, 3.63) is 23.8 Å². The Labute approximate surface area is 92.3 Å². The molecule has 2 heteroatoms. The number of hydrogen-bond acceptors (Lipinski definition) is 2. The zero-order valence-corrected chi connectivity index (χ0v) is 9.71. The zero-order valence-electron chi connectivity index (χ0n) is 9.71. The van der Waals surface area contributed by atoms with Crippen molar-refractivity contribution in [3.63, 3.8) is 0 Å². The van der Waals surface area contributed by atoms with E-state index in [2.05, 4.69) is 35.3 Å². The van der Waals surface area contributed by atoms with Crippen LogP contribution in [0.25, 0.3) is 0 Å². The lowest BCUT2D eigenvalue weighted by Gasteiger charge is -2.30. The van der Waals surface area contributed by atoms with Crippen LogP contribution in [0.2, 0.25) is 0 Å². The van der Waals surface area contributed by atoms with E-state index in [0.29, 0.717) is 0 Å². The van der Waals surface area contributed by atoms with Crippen LogP contribution in [0, 0.1) is 6.92 Å². The Kier molecular flexibility index (Phi) is 3.14. The average molecular weight is 204 g/mol. The van der Waals surface area contributed by atoms with Gasteiger partial charge >= 0.3 is 0 Å². The highest BCUT2D eigenvalue weighted by Gasteiger charge is 2.13. The quantitative estimate of drug-likeness (QED) is 0.796. The summed E-state index contributed by atoms with van der Waals surface area (Å²) in [6.07, 6.45) is 4.05. The molecule has 0 spiro atoms. The molecule has 1 heterocycles. The molecule has 15 heavy (non-hydrogen) atoms. The van der Waals surface area contributed by atoms with Crippen LogP contribution < -0.4 is 10.2 Å². The summed E-state index contributed by atoms with van der Waals surface area (Å²) < 4.78 is 0. The van der Waals surface area contributed by atoms with E-state index in [0.717, 1.165) is 0 Å². The molecule has 0 saturated carbocycles. The van der Waals surface area contributed by atoms with E-state index in [4.69, 9.17) is 0 Å². The fourth-order valence-electron chi connectivity index (χ4n) is 2.26. The summed E-state index contributed by atoms with van der Waals surface area (Å²) in [6.45, 7) is 4.55. The Bertz CT molecular complexity index is 327. The molecule has 1 N–H and O–H groups in total. The van der Waals surface area contributed by atoms with Crippen molar-refractivity contribution in [1.82, 2.24) is 0 Å². The van der Waals surface area contributed by atoms with Crippen LogP contribution in [0.3, 0.4) is 0 Å². The minimum Gasteiger partial charge on any atom is -0.386 e. The first kappa shape index (κ1) is 10.3. The molecule has 0 bridgehead atoms. The van der Waals surface area contributed by atoms with Gasteiger partial charge in [-0.3, -0.25) is 0 Å². The third kappa shape index (κ3) is 2.25. The lowest BCUT2D eigenvalue weighted by atomic mass is 10.1. The Morgan fingerprint density at radius 2 is 1.87 bits per heavy atom. The second-order valence-electron chi connectivity index (χ2n) is 4.32. The van der Waals surface area contributed by atoms with Gasteiger partial charge in [-0.25, -0.2) is 0 Å². The van der Waals surface area contributed by atoms with Crippen molar-refractivity contribution in [2.24, 2.45) is 0 Å². The summed E-state index contributed by atoms with van der Waals surface area (Å²) in [5, 5.41) is 3.29. The maximum absolute atomic E-state index is 3.29. The largest absolute Gasteiger partial charge is 0.386 e. The molecule has 0 radical (unpaired) electrons. The number of anilines is 2. The smallest absolute Gasteiger partial charge is 0.0602 e. The fourth-order valence-corrected chi connectivity index (χ4v) is 2.26. The van der Waals surface area contributed by atoms with Gasteiger partial charge in [0.15, 0.2) is 0 Å². The van der Waals surface area contributed by atoms with Gasteiger partial charge in [0.05, 0.1) is 11.4 Å². The number of piperidine rings is 1. The number of nitrogens with zero attached hydrogens (tertiary/aromatic N) is 1. The summed E-state index contributed by atoms with van der Waals surface area (Å²) in [5.41, 5.74) is 3.94. The molecule has 1 saturated heterocycles. The third-order valence-electron chi connectivity index (χ3n) is 3.12. The Morgan fingerprint density at radius 3 is 2.53 bits per heavy atom. The number of nitrogens with one attached hydrogen (secondary N) is 1. The summed E-state index contributed by atoms with van der Waals surface area (Å²) in [6, 6.07) is 6.67. The average Bonchev–Trinajstić information content (AvgIpc) is 2.30. The van der Waals surface area contributed by atoms with Gasteiger partial charge in [0, 0.05) is 20.1 Å². The van der Waals surface area contributed by atoms with E-state index in [1.807, 2.05) is 7.05 Å². The topological polar surface area (TPSA) is 15.3 Å². The van der Waals surface area contributed by atoms with E-state index >= 15 is 0 Å². The molecule has 0 amide bonds. The van der Waals surface area contributed by atoms with Gasteiger partial charge in [-0.2, -0.15) is 0 Å². The van der Waals surface area contributed by atoms with Gasteiger partial charge in [-0.1, -0.05) is 6.07 Å². The van der Waals surface area contributed by atoms with Crippen LogP contribution in [0.1, 0.15) is 24.8 Å². The molecule has 1 aliphatic heterocycles. The van der Waals surface area contributed by atoms with Gasteiger partial charge < -0.3 is 10.2 Å². The standard InChI is InChI=1S/C13H20N2/c1-11-6-7-13(12(10-11)14-2)15-8-4-3-5-9-15/h6-7,10,14H,3-5,8-9H2,1-2H3. The minimum atomic E-state index is 1.21. The van der Waals surface area contributed by atoms with E-state index < -0.39 is 0 Å². The zero-order chi connectivity index (χ0) is 10.7. The predicted octanol–water partition coefficient (Wildman–Crippen LogP) is 3.03. The van der Waals surface area contributed by atoms with Crippen LogP contribution in [0.4, 0.5) is 11.4 Å². The maximum atomic E-state index is 3.29. The molecule has 0 aliphatic carbocycles. The van der Waals surface area contributed by atoms with E-state index in [-0.39, 0.29) is 0 Å². The highest BCUT2D eigenvalue weighted by atomic mass is 15.1. The predicted molar refractivity (Wildman–Crippen MR) is 66.8 cm³/mol. The van der Waals surface area contributed by atoms with Crippen molar-refractivity contribution < 1.29 is 0 Å². The van der Waals surface area contributed by atoms with Crippen molar-refractivity contribution in [2.75, 3.05) is 30.4 Å². The highest BCUT2D eigenvalue weighted by Crippen LogP contribution is 2.28. The Hall–Kier alpha value is -1.18. The molecule has 0 unspecified atom stereocenters. The molecule has 1 aromatic rings. The van der Waals surface area contributed by atoms with E-state index in [1.165, 1.54) is 49.3 Å². The number of hydrogen-bond donors (Lipinski definition) is 1. The van der Waals surface area contributed by atoms with Crippen molar-refractivity contribution in [1.29, 1.82) is 0 Å². The molecular weight excluding hydrogens is 184 g/mol. The molecule has 82 valence electrons.